The maximum absolute atomic E-state index is 12.4. The van der Waals surface area contributed by atoms with Crippen molar-refractivity contribution in [1.82, 2.24) is 19.1 Å². The van der Waals surface area contributed by atoms with Crippen LogP contribution in [0.1, 0.15) is 12.5 Å². The first kappa shape index (κ1) is 20.6. The molecule has 3 rings (SSSR count). The Balaban J connectivity index is 1.89. The van der Waals surface area contributed by atoms with Crippen molar-refractivity contribution in [3.8, 4) is 5.75 Å². The molecule has 0 spiro atoms. The number of aromatic amines is 1. The molecule has 0 aliphatic carbocycles. The highest BCUT2D eigenvalue weighted by atomic mass is 16.5. The van der Waals surface area contributed by atoms with Crippen LogP contribution in [0.25, 0.3) is 11.2 Å². The van der Waals surface area contributed by atoms with Crippen LogP contribution in [0.2, 0.25) is 0 Å². The second kappa shape index (κ2) is 8.50. The van der Waals surface area contributed by atoms with Crippen molar-refractivity contribution in [2.75, 3.05) is 18.5 Å². The van der Waals surface area contributed by atoms with Gasteiger partial charge in [0.15, 0.2) is 11.2 Å². The van der Waals surface area contributed by atoms with Gasteiger partial charge in [0.05, 0.1) is 12.6 Å². The molecule has 0 radical (unpaired) electrons. The van der Waals surface area contributed by atoms with Gasteiger partial charge in [-0.25, -0.2) is 4.79 Å². The number of anilines is 1. The van der Waals surface area contributed by atoms with Crippen LogP contribution >= 0.6 is 0 Å². The molecule has 4 N–H and O–H groups in total. The second-order valence-corrected chi connectivity index (χ2v) is 7.05. The van der Waals surface area contributed by atoms with Gasteiger partial charge in [-0.2, -0.15) is 4.98 Å². The molecule has 0 aliphatic rings. The zero-order valence-electron chi connectivity index (χ0n) is 16.5. The fourth-order valence-corrected chi connectivity index (χ4v) is 2.95. The molecular formula is C19H25N5O5. The smallest absolute Gasteiger partial charge is 0.329 e. The van der Waals surface area contributed by atoms with E-state index >= 15 is 0 Å². The number of hydrogen-bond acceptors (Lipinski definition) is 7. The number of hydrogen-bond donors (Lipinski definition) is 4. The average Bonchev–Trinajstić information content (AvgIpc) is 3.02. The molecule has 2 heterocycles. The molecule has 0 aliphatic heterocycles. The molecule has 3 aromatic rings. The van der Waals surface area contributed by atoms with Gasteiger partial charge in [0.1, 0.15) is 18.5 Å². The van der Waals surface area contributed by atoms with Crippen molar-refractivity contribution in [2.24, 2.45) is 7.05 Å². The van der Waals surface area contributed by atoms with Gasteiger partial charge in [0, 0.05) is 13.6 Å². The summed E-state index contributed by atoms with van der Waals surface area (Å²) in [7, 11) is 1.49. The molecule has 156 valence electrons. The fraction of sp³-hybridized carbons (Fsp3) is 0.421. The summed E-state index contributed by atoms with van der Waals surface area (Å²) in [4.78, 5) is 30.8. The number of aryl methyl sites for hydroxylation is 2. The second-order valence-electron chi connectivity index (χ2n) is 7.05. The monoisotopic (exact) mass is 403 g/mol. The van der Waals surface area contributed by atoms with Crippen LogP contribution in [0.3, 0.4) is 0 Å². The largest absolute Gasteiger partial charge is 0.491 e. The van der Waals surface area contributed by atoms with Gasteiger partial charge >= 0.3 is 5.69 Å². The lowest BCUT2D eigenvalue weighted by Crippen LogP contribution is -2.31. The van der Waals surface area contributed by atoms with Gasteiger partial charge < -0.3 is 24.8 Å². The minimum absolute atomic E-state index is 0.00262. The van der Waals surface area contributed by atoms with Crippen LogP contribution in [-0.4, -0.2) is 54.7 Å². The Kier molecular flexibility index (Phi) is 6.04. The van der Waals surface area contributed by atoms with E-state index in [1.165, 1.54) is 16.2 Å². The van der Waals surface area contributed by atoms with Crippen molar-refractivity contribution in [3.63, 3.8) is 0 Å². The maximum Gasteiger partial charge on any atom is 0.329 e. The summed E-state index contributed by atoms with van der Waals surface area (Å²) in [6.45, 7) is 3.74. The van der Waals surface area contributed by atoms with E-state index < -0.39 is 23.5 Å². The molecule has 2 aromatic heterocycles. The molecule has 0 unspecified atom stereocenters. The Bertz CT molecular complexity index is 1110. The minimum Gasteiger partial charge on any atom is -0.491 e. The highest BCUT2D eigenvalue weighted by Crippen LogP contribution is 2.17. The van der Waals surface area contributed by atoms with E-state index in [9.17, 15) is 19.8 Å². The number of ether oxygens (including phenoxy) is 1. The Labute approximate surface area is 166 Å². The van der Waals surface area contributed by atoms with Gasteiger partial charge in [-0.05, 0) is 31.5 Å². The quantitative estimate of drug-likeness (QED) is 0.415. The van der Waals surface area contributed by atoms with Crippen LogP contribution in [0, 0.1) is 6.92 Å². The maximum atomic E-state index is 12.4. The van der Waals surface area contributed by atoms with E-state index in [1.54, 1.807) is 13.0 Å². The first-order valence-electron chi connectivity index (χ1n) is 9.25. The van der Waals surface area contributed by atoms with Gasteiger partial charge in [0.25, 0.3) is 5.56 Å². The molecule has 1 aromatic carbocycles. The Morgan fingerprint density at radius 2 is 2.07 bits per heavy atom. The summed E-state index contributed by atoms with van der Waals surface area (Å²) in [5, 5.41) is 23.0. The van der Waals surface area contributed by atoms with Crippen molar-refractivity contribution in [1.29, 1.82) is 0 Å². The third-order valence-corrected chi connectivity index (χ3v) is 4.39. The Hall–Kier alpha value is -3.11. The fourth-order valence-electron chi connectivity index (χ4n) is 2.95. The summed E-state index contributed by atoms with van der Waals surface area (Å²) in [5.74, 6) is 0.898. The minimum atomic E-state index is -0.948. The third kappa shape index (κ3) is 4.66. The number of aliphatic hydroxyl groups excluding tert-OH is 2. The van der Waals surface area contributed by atoms with E-state index in [0.29, 0.717) is 5.75 Å². The number of fused-ring (bicyclic) bond motifs is 1. The summed E-state index contributed by atoms with van der Waals surface area (Å²) in [6, 6.07) is 7.45. The lowest BCUT2D eigenvalue weighted by Gasteiger charge is -2.16. The van der Waals surface area contributed by atoms with Gasteiger partial charge in [-0.15, -0.1) is 0 Å². The van der Waals surface area contributed by atoms with Gasteiger partial charge in [-0.1, -0.05) is 12.1 Å². The molecule has 0 fully saturated rings. The standard InChI is InChI=1S/C19H25N5O5/c1-11-5-4-6-14(7-11)29-10-13(26)9-24-15-16(21-18(24)20-8-12(2)25)23(3)19(28)22-17(15)27/h4-7,12-13,25-26H,8-10H2,1-3H3,(H,20,21)(H,22,27,28)/t12-,13-/m0/s1. The molecule has 0 bridgehead atoms. The van der Waals surface area contributed by atoms with E-state index in [1.807, 2.05) is 25.1 Å². The molecular weight excluding hydrogens is 378 g/mol. The number of nitrogens with zero attached hydrogens (tertiary/aromatic N) is 3. The Morgan fingerprint density at radius 3 is 2.76 bits per heavy atom. The van der Waals surface area contributed by atoms with Crippen LogP contribution < -0.4 is 21.3 Å². The molecule has 2 atom stereocenters. The molecule has 0 amide bonds. The van der Waals surface area contributed by atoms with Crippen molar-refractivity contribution in [3.05, 3.63) is 50.7 Å². The molecule has 29 heavy (non-hydrogen) atoms. The first-order valence-corrected chi connectivity index (χ1v) is 9.25. The molecule has 0 saturated carbocycles. The summed E-state index contributed by atoms with van der Waals surface area (Å²) in [5.41, 5.74) is 0.174. The number of nitrogens with one attached hydrogen (secondary N) is 2. The van der Waals surface area contributed by atoms with Crippen LogP contribution in [0.5, 0.6) is 5.75 Å². The lowest BCUT2D eigenvalue weighted by atomic mass is 10.2. The zero-order valence-corrected chi connectivity index (χ0v) is 16.5. The SMILES string of the molecule is Cc1cccc(OC[C@@H](O)Cn2c(NC[C@H](C)O)nc3c2c(=O)[nH]c(=O)n3C)c1. The molecule has 0 saturated heterocycles. The highest BCUT2D eigenvalue weighted by Gasteiger charge is 2.20. The third-order valence-electron chi connectivity index (χ3n) is 4.39. The van der Waals surface area contributed by atoms with E-state index in [2.05, 4.69) is 15.3 Å². The number of aliphatic hydroxyl groups is 2. The first-order chi connectivity index (χ1) is 13.8. The molecule has 10 heteroatoms. The van der Waals surface area contributed by atoms with Crippen molar-refractivity contribution < 1.29 is 14.9 Å². The molecule has 10 nitrogen and oxygen atoms in total. The summed E-state index contributed by atoms with van der Waals surface area (Å²) in [6.07, 6.45) is -1.60. The average molecular weight is 403 g/mol. The summed E-state index contributed by atoms with van der Waals surface area (Å²) < 4.78 is 8.34. The van der Waals surface area contributed by atoms with Crippen LogP contribution in [0.4, 0.5) is 5.95 Å². The number of aromatic nitrogens is 4. The number of rotatable bonds is 8. The van der Waals surface area contributed by atoms with E-state index in [0.717, 1.165) is 5.56 Å². The predicted molar refractivity (Wildman–Crippen MR) is 108 cm³/mol. The number of imidazole rings is 1. The van der Waals surface area contributed by atoms with E-state index in [-0.39, 0.29) is 36.8 Å². The van der Waals surface area contributed by atoms with Crippen LogP contribution in [-0.2, 0) is 13.6 Å². The van der Waals surface area contributed by atoms with Gasteiger partial charge in [0.2, 0.25) is 5.95 Å². The predicted octanol–water partition coefficient (Wildman–Crippen LogP) is -0.0357. The lowest BCUT2D eigenvalue weighted by molar-refractivity contribution is 0.0937. The highest BCUT2D eigenvalue weighted by molar-refractivity contribution is 5.74. The van der Waals surface area contributed by atoms with E-state index in [4.69, 9.17) is 4.74 Å². The van der Waals surface area contributed by atoms with Crippen molar-refractivity contribution in [2.45, 2.75) is 32.6 Å². The van der Waals surface area contributed by atoms with Crippen LogP contribution in [0.15, 0.2) is 33.9 Å². The number of H-pyrrole nitrogens is 1. The topological polar surface area (TPSA) is 134 Å². The Morgan fingerprint density at radius 1 is 1.31 bits per heavy atom. The van der Waals surface area contributed by atoms with Crippen molar-refractivity contribution >= 4 is 17.1 Å². The number of benzene rings is 1. The summed E-state index contributed by atoms with van der Waals surface area (Å²) >= 11 is 0. The van der Waals surface area contributed by atoms with Gasteiger partial charge in [-0.3, -0.25) is 14.3 Å². The normalized spacial score (nSPS) is 13.4. The zero-order chi connectivity index (χ0) is 21.1.